The van der Waals surface area contributed by atoms with Gasteiger partial charge < -0.3 is 10.0 Å². The van der Waals surface area contributed by atoms with Crippen molar-refractivity contribution in [2.45, 2.75) is 26.2 Å². The Morgan fingerprint density at radius 2 is 1.79 bits per heavy atom. The van der Waals surface area contributed by atoms with E-state index in [-0.39, 0.29) is 5.41 Å². The van der Waals surface area contributed by atoms with Crippen molar-refractivity contribution in [1.29, 1.82) is 0 Å². The molecule has 34 heavy (non-hydrogen) atoms. The smallest absolute Gasteiger partial charge is 0.335 e. The number of piperazine rings is 1. The second-order valence-corrected chi connectivity index (χ2v) is 10.0. The molecule has 1 atom stereocenters. The van der Waals surface area contributed by atoms with Crippen molar-refractivity contribution in [2.75, 3.05) is 44.2 Å². The summed E-state index contributed by atoms with van der Waals surface area (Å²) in [6, 6.07) is 15.2. The van der Waals surface area contributed by atoms with Crippen LogP contribution in [0.5, 0.6) is 0 Å². The van der Waals surface area contributed by atoms with Crippen LogP contribution >= 0.6 is 11.6 Å². The second kappa shape index (κ2) is 10.5. The Morgan fingerprint density at radius 3 is 2.41 bits per heavy atom. The lowest BCUT2D eigenvalue weighted by Crippen LogP contribution is -2.47. The molecule has 1 aliphatic heterocycles. The number of carbonyl (C=O) groups is 1. The number of hydrogen-bond acceptors (Lipinski definition) is 4. The minimum absolute atomic E-state index is 0.0226. The van der Waals surface area contributed by atoms with Crippen LogP contribution in [0.3, 0.4) is 0 Å². The zero-order valence-corrected chi connectivity index (χ0v) is 20.2. The van der Waals surface area contributed by atoms with Gasteiger partial charge in [0.15, 0.2) is 0 Å². The highest BCUT2D eigenvalue weighted by atomic mass is 35.5. The predicted molar refractivity (Wildman–Crippen MR) is 136 cm³/mol. The molecule has 8 heteroatoms. The summed E-state index contributed by atoms with van der Waals surface area (Å²) in [6.07, 6.45) is 2.87. The molecule has 0 amide bonds. The highest BCUT2D eigenvalue weighted by molar-refractivity contribution is 6.30. The van der Waals surface area contributed by atoms with Crippen molar-refractivity contribution in [2.24, 2.45) is 10.5 Å². The summed E-state index contributed by atoms with van der Waals surface area (Å²) < 4.78 is 0. The van der Waals surface area contributed by atoms with Crippen LogP contribution in [0.4, 0.5) is 5.69 Å². The van der Waals surface area contributed by atoms with Gasteiger partial charge in [0.2, 0.25) is 0 Å². The molecule has 1 fully saturated rings. The molecule has 2 aliphatic rings. The molecule has 0 radical (unpaired) electrons. The van der Waals surface area contributed by atoms with Gasteiger partial charge in [0.05, 0.1) is 5.56 Å². The average Bonchev–Trinajstić information content (AvgIpc) is 2.84. The number of azide groups is 1. The fraction of sp³-hybridized carbons (Fsp3) is 0.423. The number of hydrogen-bond donors (Lipinski definition) is 1. The largest absolute Gasteiger partial charge is 0.478 e. The lowest BCUT2D eigenvalue weighted by atomic mass is 9.71. The first-order valence-electron chi connectivity index (χ1n) is 11.7. The molecule has 0 spiro atoms. The van der Waals surface area contributed by atoms with E-state index in [0.29, 0.717) is 12.1 Å². The van der Waals surface area contributed by atoms with Gasteiger partial charge in [-0.2, -0.15) is 0 Å². The standard InChI is InChI=1S/C26H30ClN5O2/c1-26(18-29-30-28)11-10-24(19-2-6-22(27)7-3-19)21(16-26)17-31-12-14-32(15-13-31)23-8-4-20(5-9-23)25(33)34/h2-9H,10-18H2,1H3,(H,33,34). The van der Waals surface area contributed by atoms with Gasteiger partial charge in [-0.1, -0.05) is 41.3 Å². The number of allylic oxidation sites excluding steroid dienone is 1. The number of anilines is 1. The van der Waals surface area contributed by atoms with E-state index in [1.165, 1.54) is 16.7 Å². The van der Waals surface area contributed by atoms with Gasteiger partial charge in [0, 0.05) is 54.9 Å². The molecule has 1 N–H and O–H groups in total. The maximum atomic E-state index is 11.1. The molecular weight excluding hydrogens is 450 g/mol. The van der Waals surface area contributed by atoms with Crippen LogP contribution in [0.15, 0.2) is 59.2 Å². The number of halogens is 1. The van der Waals surface area contributed by atoms with Crippen LogP contribution < -0.4 is 4.90 Å². The summed E-state index contributed by atoms with van der Waals surface area (Å²) in [5.74, 6) is -0.902. The molecule has 0 bridgehead atoms. The highest BCUT2D eigenvalue weighted by Gasteiger charge is 2.32. The first kappa shape index (κ1) is 24.1. The molecule has 0 saturated carbocycles. The predicted octanol–water partition coefficient (Wildman–Crippen LogP) is 6.11. The van der Waals surface area contributed by atoms with E-state index in [2.05, 4.69) is 38.9 Å². The summed E-state index contributed by atoms with van der Waals surface area (Å²) in [5.41, 5.74) is 14.2. The second-order valence-electron chi connectivity index (χ2n) is 9.58. The van der Waals surface area contributed by atoms with E-state index in [0.717, 1.165) is 62.7 Å². The zero-order chi connectivity index (χ0) is 24.1. The van der Waals surface area contributed by atoms with Crippen LogP contribution in [-0.4, -0.2) is 55.2 Å². The normalized spacial score (nSPS) is 21.3. The van der Waals surface area contributed by atoms with Gasteiger partial charge in [-0.25, -0.2) is 4.79 Å². The first-order valence-corrected chi connectivity index (χ1v) is 12.0. The minimum atomic E-state index is -0.902. The number of carboxylic acids is 1. The molecular formula is C26H30ClN5O2. The molecule has 1 aliphatic carbocycles. The van der Waals surface area contributed by atoms with Crippen molar-refractivity contribution < 1.29 is 9.90 Å². The fourth-order valence-corrected chi connectivity index (χ4v) is 5.18. The van der Waals surface area contributed by atoms with Gasteiger partial charge in [-0.05, 0) is 77.7 Å². The monoisotopic (exact) mass is 479 g/mol. The van der Waals surface area contributed by atoms with Crippen molar-refractivity contribution in [3.63, 3.8) is 0 Å². The number of benzene rings is 2. The molecule has 2 aromatic carbocycles. The Morgan fingerprint density at radius 1 is 1.12 bits per heavy atom. The van der Waals surface area contributed by atoms with Crippen molar-refractivity contribution >= 4 is 28.8 Å². The fourth-order valence-electron chi connectivity index (χ4n) is 5.05. The van der Waals surface area contributed by atoms with E-state index < -0.39 is 5.97 Å². The topological polar surface area (TPSA) is 92.5 Å². The average molecular weight is 480 g/mol. The number of nitrogens with zero attached hydrogens (tertiary/aromatic N) is 5. The Balaban J connectivity index is 1.48. The van der Waals surface area contributed by atoms with Gasteiger partial charge in [-0.3, -0.25) is 4.90 Å². The summed E-state index contributed by atoms with van der Waals surface area (Å²) >= 11 is 6.13. The molecule has 4 rings (SSSR count). The molecule has 1 heterocycles. The summed E-state index contributed by atoms with van der Waals surface area (Å²) in [4.78, 5) is 18.9. The van der Waals surface area contributed by atoms with E-state index in [9.17, 15) is 4.79 Å². The molecule has 2 aromatic rings. The Hall–Kier alpha value is -2.99. The van der Waals surface area contributed by atoms with E-state index >= 15 is 0 Å². The third-order valence-electron chi connectivity index (χ3n) is 7.02. The summed E-state index contributed by atoms with van der Waals surface area (Å²) in [6.45, 7) is 7.30. The Bertz CT molecular complexity index is 1100. The van der Waals surface area contributed by atoms with Gasteiger partial charge in [-0.15, -0.1) is 0 Å². The van der Waals surface area contributed by atoms with Crippen LogP contribution in [0.2, 0.25) is 5.02 Å². The van der Waals surface area contributed by atoms with Crippen molar-refractivity contribution in [3.05, 3.63) is 80.7 Å². The minimum Gasteiger partial charge on any atom is -0.478 e. The van der Waals surface area contributed by atoms with Crippen molar-refractivity contribution in [1.82, 2.24) is 4.90 Å². The lowest BCUT2D eigenvalue weighted by Gasteiger charge is -2.40. The first-order chi connectivity index (χ1) is 16.4. The van der Waals surface area contributed by atoms with E-state index in [4.69, 9.17) is 22.2 Å². The van der Waals surface area contributed by atoms with Crippen LogP contribution in [0.25, 0.3) is 16.0 Å². The summed E-state index contributed by atoms with van der Waals surface area (Å²) in [7, 11) is 0. The third-order valence-corrected chi connectivity index (χ3v) is 7.27. The highest BCUT2D eigenvalue weighted by Crippen LogP contribution is 2.43. The number of rotatable bonds is 7. The van der Waals surface area contributed by atoms with Gasteiger partial charge in [0.25, 0.3) is 0 Å². The quantitative estimate of drug-likeness (QED) is 0.294. The number of carboxylic acid groups (broad SMARTS) is 1. The molecule has 0 aromatic heterocycles. The maximum absolute atomic E-state index is 11.1. The number of aromatic carboxylic acids is 1. The summed E-state index contributed by atoms with van der Waals surface area (Å²) in [5, 5.41) is 13.8. The van der Waals surface area contributed by atoms with Crippen LogP contribution in [0, 0.1) is 5.41 Å². The maximum Gasteiger partial charge on any atom is 0.335 e. The molecule has 7 nitrogen and oxygen atoms in total. The molecule has 178 valence electrons. The lowest BCUT2D eigenvalue weighted by molar-refractivity contribution is 0.0697. The molecule has 1 saturated heterocycles. The third kappa shape index (κ3) is 5.73. The SMILES string of the molecule is CC1(CN=[N+]=[N-])CCC(c2ccc(Cl)cc2)=C(CN2CCN(c3ccc(C(=O)O)cc3)CC2)C1. The van der Waals surface area contributed by atoms with Crippen LogP contribution in [-0.2, 0) is 0 Å². The van der Waals surface area contributed by atoms with E-state index in [1.54, 1.807) is 12.1 Å². The van der Waals surface area contributed by atoms with Gasteiger partial charge >= 0.3 is 5.97 Å². The Labute approximate surface area is 205 Å². The Kier molecular flexibility index (Phi) is 7.47. The van der Waals surface area contributed by atoms with Gasteiger partial charge in [0.1, 0.15) is 0 Å². The van der Waals surface area contributed by atoms with Crippen LogP contribution in [0.1, 0.15) is 42.1 Å². The zero-order valence-electron chi connectivity index (χ0n) is 19.5. The van der Waals surface area contributed by atoms with Crippen molar-refractivity contribution in [3.8, 4) is 0 Å². The molecule has 1 unspecified atom stereocenters. The van der Waals surface area contributed by atoms with E-state index in [1.807, 2.05) is 24.3 Å².